The number of nitrogens with zero attached hydrogens (tertiary/aromatic N) is 12. The van der Waals surface area contributed by atoms with Crippen LogP contribution >= 0.6 is 23.6 Å². The summed E-state index contributed by atoms with van der Waals surface area (Å²) in [5.41, 5.74) is 11.7. The summed E-state index contributed by atoms with van der Waals surface area (Å²) in [6, 6.07) is 77.2. The minimum atomic E-state index is -3.89. The van der Waals surface area contributed by atoms with Gasteiger partial charge in [-0.1, -0.05) is 275 Å². The molecule has 0 saturated heterocycles. The van der Waals surface area contributed by atoms with E-state index in [9.17, 15) is 42.1 Å². The molecule has 0 saturated carbocycles. The average molecular weight is 2160 g/mol. The molecule has 1 radical (unpaired) electrons. The molecule has 39 heteroatoms. The van der Waals surface area contributed by atoms with Crippen LogP contribution in [0.2, 0.25) is 5.02 Å². The molecule has 2 aliphatic rings. The summed E-state index contributed by atoms with van der Waals surface area (Å²) in [6.45, 7) is 9.18. The number of benzene rings is 11. The normalized spacial score (nSPS) is 11.7. The third-order valence-corrected chi connectivity index (χ3v) is 26.9. The van der Waals surface area contributed by atoms with E-state index in [1.54, 1.807) is 54.6 Å². The summed E-state index contributed by atoms with van der Waals surface area (Å²) in [4.78, 5) is 44.3. The number of anilines is 3. The van der Waals surface area contributed by atoms with E-state index in [-0.39, 0.29) is 36.8 Å². The van der Waals surface area contributed by atoms with Crippen LogP contribution in [0.5, 0.6) is 11.5 Å². The minimum absolute atomic E-state index is 0. The van der Waals surface area contributed by atoms with Gasteiger partial charge in [-0.05, 0) is 161 Å². The van der Waals surface area contributed by atoms with Gasteiger partial charge < -0.3 is 43.6 Å². The zero-order valence-corrected chi connectivity index (χ0v) is 89.1. The van der Waals surface area contributed by atoms with Crippen molar-refractivity contribution < 1.29 is 82.2 Å². The fraction of sp³-hybridized carbons (Fsp3) is 0.321. The van der Waals surface area contributed by atoms with E-state index in [0.717, 1.165) is 133 Å². The van der Waals surface area contributed by atoms with Crippen molar-refractivity contribution in [2.45, 2.75) is 142 Å². The fourth-order valence-corrected chi connectivity index (χ4v) is 18.6. The van der Waals surface area contributed by atoms with E-state index in [1.165, 1.54) is 87.8 Å². The number of aromatic nitrogens is 8. The molecule has 14 aromatic rings. The van der Waals surface area contributed by atoms with Crippen molar-refractivity contribution in [3.8, 4) is 57.1 Å². The van der Waals surface area contributed by atoms with Crippen LogP contribution in [0, 0.1) is 0 Å². The molecular formula is C106H133ClCuN18O13S6+2. The zero-order chi connectivity index (χ0) is 102. The van der Waals surface area contributed by atoms with Crippen LogP contribution in [-0.4, -0.2) is 174 Å². The molecule has 8 bridgehead atoms. The molecule has 2 aliphatic heterocycles. The van der Waals surface area contributed by atoms with E-state index >= 15 is 0 Å². The molecule has 3 aromatic heterocycles. The van der Waals surface area contributed by atoms with Crippen LogP contribution in [0.1, 0.15) is 129 Å². The number of sulfonamides is 5. The van der Waals surface area contributed by atoms with Gasteiger partial charge in [-0.2, -0.15) is 5.90 Å². The van der Waals surface area contributed by atoms with Gasteiger partial charge in [0.1, 0.15) is 17.1 Å². The Morgan fingerprint density at radius 1 is 0.400 bits per heavy atom. The van der Waals surface area contributed by atoms with Gasteiger partial charge in [-0.25, -0.2) is 61.5 Å². The first-order valence-corrected chi connectivity index (χ1v) is 56.8. The van der Waals surface area contributed by atoms with Crippen LogP contribution in [0.3, 0.4) is 0 Å². The van der Waals surface area contributed by atoms with Crippen molar-refractivity contribution in [3.05, 3.63) is 270 Å². The number of hydrogen-bond donors (Lipinski definition) is 6. The van der Waals surface area contributed by atoms with Gasteiger partial charge in [-0.3, -0.25) is 14.2 Å². The Kier molecular flexibility index (Phi) is 45.7. The number of unbranched alkanes of at least 4 members (excludes halogenated alkanes) is 9. The quantitative estimate of drug-likeness (QED) is 0.00400. The Morgan fingerprint density at radius 2 is 0.772 bits per heavy atom. The number of halogens is 1. The SMILES string of the molecule is C.C.CCCCCCc1ccc(NS(C)(=O)=O)cc1.CCCCCCc1ccc(NS(C)(=O)=O)cc1.CCCCCCc1ccc(S(=O)(=O)Nc2cccc3cc(SOON)c(N=Nc4c(Cl)cccc4Oc4ccccc4)cc23)cc1.C[N+](C)(C)CCNS(C)(=O)=O.C[N+](C)(C)CCNS(C)(=O)=O.[Cu+2].c1ccc2c(c1)-c1nc-2nc2[n-]c(nc3nc(nc4[n-]c(n1)c1ccccc41)-c1ccccc1-3)c1ccccc21. The number of nitrogens with one attached hydrogen (secondary N) is 5. The summed E-state index contributed by atoms with van der Waals surface area (Å²) in [6.07, 6.45) is 22.3. The largest absolute Gasteiger partial charge is 2.00 e. The predicted octanol–water partition coefficient (Wildman–Crippen LogP) is 22.7. The van der Waals surface area contributed by atoms with Crippen molar-refractivity contribution in [3.63, 3.8) is 0 Å². The maximum Gasteiger partial charge on any atom is 2.00 e. The van der Waals surface area contributed by atoms with E-state index in [4.69, 9.17) is 66.4 Å². The van der Waals surface area contributed by atoms with E-state index in [0.29, 0.717) is 114 Å². The number of hydrogen-bond acceptors (Lipinski definition) is 23. The molecule has 0 atom stereocenters. The number of quaternary nitrogens is 2. The van der Waals surface area contributed by atoms with E-state index in [1.807, 2.05) is 236 Å². The molecule has 0 amide bonds. The molecule has 0 aliphatic carbocycles. The van der Waals surface area contributed by atoms with Crippen LogP contribution in [0.25, 0.3) is 100 Å². The number of aryl methyl sites for hydroxylation is 3. The first-order valence-electron chi connectivity index (χ1n) is 46.7. The zero-order valence-electron chi connectivity index (χ0n) is 82.5. The predicted molar refractivity (Wildman–Crippen MR) is 588 cm³/mol. The summed E-state index contributed by atoms with van der Waals surface area (Å²) in [7, 11) is -4.12. The summed E-state index contributed by atoms with van der Waals surface area (Å²) in [5.74, 6) is 8.32. The number of fused-ring (bicyclic) bond motifs is 21. The molecule has 16 rings (SSSR count). The average Bonchev–Trinajstić information content (AvgIpc) is 1.62. The first kappa shape index (κ1) is 119. The van der Waals surface area contributed by atoms with Crippen LogP contribution in [-0.2, 0) is 95.8 Å². The minimum Gasteiger partial charge on any atom is -0.455 e. The van der Waals surface area contributed by atoms with Crippen LogP contribution < -0.4 is 44.2 Å². The van der Waals surface area contributed by atoms with Gasteiger partial charge in [0.2, 0.25) is 40.1 Å². The number of para-hydroxylation sites is 1. The fourth-order valence-electron chi connectivity index (χ4n) is 14.8. The second-order valence-corrected chi connectivity index (χ2v) is 46.1. The van der Waals surface area contributed by atoms with E-state index in [2.05, 4.69) is 59.6 Å². The molecule has 0 fully saturated rings. The van der Waals surface area contributed by atoms with Gasteiger partial charge in [0, 0.05) is 61.6 Å². The monoisotopic (exact) mass is 2160 g/mol. The molecule has 5 heterocycles. The number of likely N-dealkylation sites (N-methyl/N-ethyl adjacent to an activating group) is 2. The maximum absolute atomic E-state index is 13.4. The number of rotatable bonds is 37. The third kappa shape index (κ3) is 38.4. The Morgan fingerprint density at radius 3 is 1.14 bits per heavy atom. The molecule has 0 spiro atoms. The Hall–Kier alpha value is -11.5. The van der Waals surface area contributed by atoms with Crippen LogP contribution in [0.15, 0.2) is 269 Å². The molecular weight excluding hydrogens is 2020 g/mol. The molecule has 7 N–H and O–H groups in total. The summed E-state index contributed by atoms with van der Waals surface area (Å²) in [5, 5.41) is 14.1. The molecule has 777 valence electrons. The van der Waals surface area contributed by atoms with Gasteiger partial charge in [0.15, 0.2) is 5.75 Å². The summed E-state index contributed by atoms with van der Waals surface area (Å²) < 4.78 is 138. The van der Waals surface area contributed by atoms with Crippen molar-refractivity contribution in [2.24, 2.45) is 16.1 Å². The van der Waals surface area contributed by atoms with Crippen molar-refractivity contribution >= 4 is 157 Å². The molecule has 31 nitrogen and oxygen atoms in total. The number of nitrogens with two attached hydrogens (primary N) is 1. The Labute approximate surface area is 874 Å². The molecule has 11 aromatic carbocycles. The standard InChI is InChI=1S/C34H33ClN4O5S2.C32H16N8.2C13H21NO2S.2C6H17N2O2S.2CH4.Cu/c1-2-3-4-6-11-24-18-20-27(21-19-24)46(40,41)39-30-16-9-12-25-22-33(45-44-43-36)31(23-28(25)30)37-38-34-29(35)15-10-17-32(34)42-26-13-7-5-8-14-26;1-2-10-18-17(9-1)25-33-26(18)38-28-21-13-5-6-14-22(21)30(35-28)40-32-24-16-8-7-15-23(24)31(36-32)39-29-20-12-4-3-11-19(20)27(34-29)37-25;2*1-3-4-5-6-7-12-8-10-13(11-9-12)14-17(2,15)16;2*1-8(2,3)6-5-7-11(4,9)10;;;/h5,7-10,12-23,39H,2-4,6,11,36H2,1H3;1-16H;2*8-11,14H,3-7H2,1-2H3;2*7H,5-6H2,1-4H3;2*1H4;/q;-2;;;2*+1;;;+2. The van der Waals surface area contributed by atoms with Gasteiger partial charge in [0.25, 0.3) is 10.0 Å². The van der Waals surface area contributed by atoms with Gasteiger partial charge in [-0.15, -0.1) is 19.6 Å². The Bertz CT molecular complexity index is 6990. The maximum atomic E-state index is 13.4. The van der Waals surface area contributed by atoms with Crippen molar-refractivity contribution in [1.29, 1.82) is 0 Å². The number of ether oxygens (including phenoxy) is 1. The Balaban J connectivity index is 0.000000233. The third-order valence-electron chi connectivity index (χ3n) is 21.9. The van der Waals surface area contributed by atoms with Gasteiger partial charge >= 0.3 is 17.1 Å². The second-order valence-electron chi connectivity index (χ2n) is 36.1. The summed E-state index contributed by atoms with van der Waals surface area (Å²) >= 11 is 7.34. The first-order chi connectivity index (χ1) is 67.6. The number of azo groups is 1. The molecule has 145 heavy (non-hydrogen) atoms. The van der Waals surface area contributed by atoms with Crippen LogP contribution in [0.4, 0.5) is 28.4 Å². The smallest absolute Gasteiger partial charge is 0.455 e. The van der Waals surface area contributed by atoms with Crippen molar-refractivity contribution in [1.82, 2.24) is 49.3 Å². The topological polar surface area (TPSA) is 415 Å². The van der Waals surface area contributed by atoms with Gasteiger partial charge in [0.05, 0.1) is 149 Å². The second kappa shape index (κ2) is 55.9. The van der Waals surface area contributed by atoms with Crippen molar-refractivity contribution in [2.75, 3.05) is 108 Å². The molecule has 0 unspecified atom stereocenters. The van der Waals surface area contributed by atoms with E-state index < -0.39 is 50.1 Å².